The largest absolute Gasteiger partial charge is 0.480 e. The number of likely N-dealkylation sites (tertiary alicyclic amines) is 1. The van der Waals surface area contributed by atoms with Crippen molar-refractivity contribution in [3.8, 4) is 0 Å². The van der Waals surface area contributed by atoms with Gasteiger partial charge in [0.15, 0.2) is 0 Å². The maximum atomic E-state index is 12.8. The van der Waals surface area contributed by atoms with E-state index < -0.39 is 24.0 Å². The fourth-order valence-corrected chi connectivity index (χ4v) is 2.54. The summed E-state index contributed by atoms with van der Waals surface area (Å²) in [6.07, 6.45) is -3.28. The van der Waals surface area contributed by atoms with Gasteiger partial charge >= 0.3 is 12.1 Å². The molecule has 5 nitrogen and oxygen atoms in total. The number of hydrogen-bond acceptors (Lipinski definition) is 3. The Kier molecular flexibility index (Phi) is 8.90. The van der Waals surface area contributed by atoms with Crippen molar-refractivity contribution in [3.63, 3.8) is 0 Å². The fourth-order valence-electron chi connectivity index (χ4n) is 2.54. The lowest BCUT2D eigenvalue weighted by Crippen LogP contribution is -2.50. The van der Waals surface area contributed by atoms with Crippen molar-refractivity contribution < 1.29 is 27.9 Å². The molecule has 23 heavy (non-hydrogen) atoms. The number of piperidine rings is 1. The molecule has 0 saturated carbocycles. The molecule has 0 aromatic rings. The molecule has 0 bridgehead atoms. The second-order valence-corrected chi connectivity index (χ2v) is 5.78. The number of nitrogens with zero attached hydrogens (tertiary/aromatic N) is 2. The minimum Gasteiger partial charge on any atom is -0.480 e. The number of carbonyl (C=O) groups is 2. The molecule has 1 saturated heterocycles. The Morgan fingerprint density at radius 1 is 1.35 bits per heavy atom. The van der Waals surface area contributed by atoms with Gasteiger partial charge in [-0.2, -0.15) is 13.2 Å². The molecule has 2 atom stereocenters. The number of carboxylic acid groups (broad SMARTS) is 1. The average molecular weight is 361 g/mol. The number of alkyl halides is 3. The van der Waals surface area contributed by atoms with Crippen LogP contribution in [0, 0.1) is 5.92 Å². The zero-order valence-electron chi connectivity index (χ0n) is 13.3. The highest BCUT2D eigenvalue weighted by Crippen LogP contribution is 2.33. The fraction of sp³-hybridized carbons (Fsp3) is 0.857. The summed E-state index contributed by atoms with van der Waals surface area (Å²) in [5.41, 5.74) is 0. The van der Waals surface area contributed by atoms with Gasteiger partial charge in [-0.3, -0.25) is 14.5 Å². The molecular formula is C14H24ClF3N2O3. The van der Waals surface area contributed by atoms with Crippen molar-refractivity contribution in [3.05, 3.63) is 0 Å². The molecule has 0 aromatic carbocycles. The van der Waals surface area contributed by atoms with Gasteiger partial charge in [-0.05, 0) is 26.2 Å². The van der Waals surface area contributed by atoms with Crippen molar-refractivity contribution in [1.82, 2.24) is 9.80 Å². The quantitative estimate of drug-likeness (QED) is 0.790. The van der Waals surface area contributed by atoms with Crippen molar-refractivity contribution in [2.75, 3.05) is 26.2 Å². The number of amides is 1. The van der Waals surface area contributed by atoms with Crippen LogP contribution in [0.3, 0.4) is 0 Å². The first kappa shape index (κ1) is 22.0. The summed E-state index contributed by atoms with van der Waals surface area (Å²) in [6, 6.07) is -0.122. The van der Waals surface area contributed by atoms with Crippen LogP contribution in [0.15, 0.2) is 0 Å². The lowest BCUT2D eigenvalue weighted by molar-refractivity contribution is -0.188. The minimum atomic E-state index is -4.30. The number of halogens is 4. The van der Waals surface area contributed by atoms with E-state index >= 15 is 0 Å². The summed E-state index contributed by atoms with van der Waals surface area (Å²) in [6.45, 7) is 3.18. The first-order valence-electron chi connectivity index (χ1n) is 7.45. The van der Waals surface area contributed by atoms with Crippen molar-refractivity contribution in [1.29, 1.82) is 0 Å². The predicted molar refractivity (Wildman–Crippen MR) is 81.6 cm³/mol. The lowest BCUT2D eigenvalue weighted by Gasteiger charge is -2.35. The highest BCUT2D eigenvalue weighted by Gasteiger charge is 2.42. The Hall–Kier alpha value is -1.02. The Bertz CT molecular complexity index is 407. The maximum Gasteiger partial charge on any atom is 0.393 e. The molecule has 1 N–H and O–H groups in total. The molecule has 1 aliphatic heterocycles. The van der Waals surface area contributed by atoms with Crippen LogP contribution in [0.2, 0.25) is 0 Å². The minimum absolute atomic E-state index is 0. The molecule has 0 aliphatic carbocycles. The molecule has 0 aromatic heterocycles. The molecule has 1 heterocycles. The smallest absolute Gasteiger partial charge is 0.393 e. The van der Waals surface area contributed by atoms with Crippen LogP contribution >= 0.6 is 12.4 Å². The Balaban J connectivity index is 0.00000484. The van der Waals surface area contributed by atoms with Crippen molar-refractivity contribution in [2.45, 2.75) is 45.3 Å². The number of carbonyl (C=O) groups excluding carboxylic acids is 1. The van der Waals surface area contributed by atoms with Gasteiger partial charge in [0.25, 0.3) is 0 Å². The zero-order chi connectivity index (χ0) is 16.9. The molecule has 1 aliphatic rings. The average Bonchev–Trinajstić information content (AvgIpc) is 2.44. The van der Waals surface area contributed by atoms with Gasteiger partial charge in [-0.1, -0.05) is 6.92 Å². The molecule has 1 rings (SSSR count). The van der Waals surface area contributed by atoms with Gasteiger partial charge in [0, 0.05) is 19.1 Å². The van der Waals surface area contributed by atoms with Gasteiger partial charge in [-0.25, -0.2) is 0 Å². The van der Waals surface area contributed by atoms with Crippen LogP contribution in [0.5, 0.6) is 0 Å². The SMILES string of the molecule is CCC(C)N(CC(=O)O)CC(=O)N1CCCC(C(F)(F)F)C1.Cl. The Morgan fingerprint density at radius 3 is 2.43 bits per heavy atom. The normalized spacial score (nSPS) is 20.1. The van der Waals surface area contributed by atoms with E-state index in [1.54, 1.807) is 6.92 Å². The summed E-state index contributed by atoms with van der Waals surface area (Å²) in [4.78, 5) is 25.8. The second-order valence-electron chi connectivity index (χ2n) is 5.78. The third kappa shape index (κ3) is 6.95. The van der Waals surface area contributed by atoms with Crippen LogP contribution in [0.25, 0.3) is 0 Å². The van der Waals surface area contributed by atoms with E-state index in [1.807, 2.05) is 6.92 Å². The lowest BCUT2D eigenvalue weighted by atomic mass is 9.97. The summed E-state index contributed by atoms with van der Waals surface area (Å²) < 4.78 is 38.3. The predicted octanol–water partition coefficient (Wildman–Crippen LogP) is 2.39. The topological polar surface area (TPSA) is 60.9 Å². The number of rotatable bonds is 6. The zero-order valence-corrected chi connectivity index (χ0v) is 14.1. The molecule has 1 amide bonds. The Labute approximate surface area is 140 Å². The van der Waals surface area contributed by atoms with Crippen LogP contribution in [0.4, 0.5) is 13.2 Å². The summed E-state index contributed by atoms with van der Waals surface area (Å²) in [7, 11) is 0. The van der Waals surface area contributed by atoms with Gasteiger partial charge in [0.2, 0.25) is 5.91 Å². The van der Waals surface area contributed by atoms with Gasteiger partial charge in [0.05, 0.1) is 19.0 Å². The highest BCUT2D eigenvalue weighted by molar-refractivity contribution is 5.85. The number of carboxylic acids is 1. The van der Waals surface area contributed by atoms with Crippen molar-refractivity contribution >= 4 is 24.3 Å². The van der Waals surface area contributed by atoms with E-state index in [9.17, 15) is 22.8 Å². The molecular weight excluding hydrogens is 337 g/mol. The van der Waals surface area contributed by atoms with Crippen molar-refractivity contribution in [2.24, 2.45) is 5.92 Å². The number of aliphatic carboxylic acids is 1. The monoisotopic (exact) mass is 360 g/mol. The van der Waals surface area contributed by atoms with E-state index in [2.05, 4.69) is 0 Å². The van der Waals surface area contributed by atoms with Crippen LogP contribution in [0.1, 0.15) is 33.1 Å². The molecule has 136 valence electrons. The van der Waals surface area contributed by atoms with E-state index in [-0.39, 0.29) is 44.5 Å². The van der Waals surface area contributed by atoms with E-state index in [0.717, 1.165) is 0 Å². The van der Waals surface area contributed by atoms with E-state index in [4.69, 9.17) is 5.11 Å². The molecule has 9 heteroatoms. The third-order valence-corrected chi connectivity index (χ3v) is 4.13. The summed E-state index contributed by atoms with van der Waals surface area (Å²) in [5.74, 6) is -2.97. The van der Waals surface area contributed by atoms with Crippen LogP contribution < -0.4 is 0 Å². The molecule has 0 radical (unpaired) electrons. The van der Waals surface area contributed by atoms with Gasteiger partial charge in [0.1, 0.15) is 0 Å². The standard InChI is InChI=1S/C14H23F3N2O3.ClH/c1-3-10(2)19(9-13(21)22)8-12(20)18-6-4-5-11(7-18)14(15,16)17;/h10-11H,3-9H2,1-2H3,(H,21,22);1H. The molecule has 2 unspecified atom stereocenters. The van der Waals surface area contributed by atoms with E-state index in [1.165, 1.54) is 9.80 Å². The highest BCUT2D eigenvalue weighted by atomic mass is 35.5. The first-order valence-corrected chi connectivity index (χ1v) is 7.45. The molecule has 1 fully saturated rings. The van der Waals surface area contributed by atoms with Crippen LogP contribution in [-0.4, -0.2) is 65.2 Å². The molecule has 0 spiro atoms. The van der Waals surface area contributed by atoms with Gasteiger partial charge in [-0.15, -0.1) is 12.4 Å². The van der Waals surface area contributed by atoms with E-state index in [0.29, 0.717) is 19.4 Å². The third-order valence-electron chi connectivity index (χ3n) is 4.13. The Morgan fingerprint density at radius 2 is 1.96 bits per heavy atom. The first-order chi connectivity index (χ1) is 10.1. The van der Waals surface area contributed by atoms with Crippen LogP contribution in [-0.2, 0) is 9.59 Å². The number of hydrogen-bond donors (Lipinski definition) is 1. The second kappa shape index (κ2) is 9.32. The summed E-state index contributed by atoms with van der Waals surface area (Å²) in [5, 5.41) is 8.88. The van der Waals surface area contributed by atoms with Gasteiger partial charge < -0.3 is 10.0 Å². The summed E-state index contributed by atoms with van der Waals surface area (Å²) >= 11 is 0. The maximum absolute atomic E-state index is 12.8.